The second kappa shape index (κ2) is 6.01. The van der Waals surface area contributed by atoms with Crippen molar-refractivity contribution in [3.63, 3.8) is 0 Å². The van der Waals surface area contributed by atoms with Gasteiger partial charge in [-0.25, -0.2) is 13.2 Å². The van der Waals surface area contributed by atoms with Gasteiger partial charge in [0.25, 0.3) is 10.0 Å². The molecule has 0 aliphatic carbocycles. The molecule has 2 amide bonds. The number of urea groups is 1. The smallest absolute Gasteiger partial charge is 0.327 e. The lowest BCUT2D eigenvalue weighted by atomic mass is 9.79. The van der Waals surface area contributed by atoms with E-state index in [0.29, 0.717) is 11.1 Å². The molecular formula is C15H25N3O4S. The summed E-state index contributed by atoms with van der Waals surface area (Å²) >= 11 is 0. The molecule has 1 aromatic rings. The number of aromatic hydroxyl groups is 1. The van der Waals surface area contributed by atoms with Gasteiger partial charge in [-0.3, -0.25) is 5.43 Å². The Bertz CT molecular complexity index is 678. The van der Waals surface area contributed by atoms with Gasteiger partial charge >= 0.3 is 6.03 Å². The number of sulfonamides is 1. The predicted molar refractivity (Wildman–Crippen MR) is 88.5 cm³/mol. The van der Waals surface area contributed by atoms with Gasteiger partial charge in [-0.1, -0.05) is 41.5 Å². The van der Waals surface area contributed by atoms with Crippen LogP contribution >= 0.6 is 0 Å². The molecule has 1 aromatic carbocycles. The first-order valence-corrected chi connectivity index (χ1v) is 8.60. The number of carbonyl (C=O) groups excluding carboxylic acids is 1. The van der Waals surface area contributed by atoms with E-state index in [1.165, 1.54) is 12.1 Å². The molecule has 130 valence electrons. The van der Waals surface area contributed by atoms with Crippen molar-refractivity contribution in [1.29, 1.82) is 0 Å². The summed E-state index contributed by atoms with van der Waals surface area (Å²) in [7, 11) is -4.01. The van der Waals surface area contributed by atoms with Crippen LogP contribution in [0.4, 0.5) is 4.79 Å². The number of hydrazine groups is 1. The Morgan fingerprint density at radius 2 is 1.43 bits per heavy atom. The van der Waals surface area contributed by atoms with Crippen molar-refractivity contribution >= 4 is 16.1 Å². The van der Waals surface area contributed by atoms with E-state index in [2.05, 4.69) is 0 Å². The molecule has 0 aliphatic rings. The maximum Gasteiger partial charge on any atom is 0.327 e. The molecule has 1 rings (SSSR count). The van der Waals surface area contributed by atoms with Crippen LogP contribution in [0.2, 0.25) is 0 Å². The third-order valence-electron chi connectivity index (χ3n) is 3.32. The first kappa shape index (κ1) is 19.2. The molecule has 0 saturated carbocycles. The molecule has 0 atom stereocenters. The number of carbonyl (C=O) groups is 1. The van der Waals surface area contributed by atoms with Crippen LogP contribution in [0.1, 0.15) is 52.7 Å². The van der Waals surface area contributed by atoms with Gasteiger partial charge in [-0.05, 0) is 23.0 Å². The maximum atomic E-state index is 12.3. The largest absolute Gasteiger partial charge is 0.507 e. The third-order valence-corrected chi connectivity index (χ3v) is 4.55. The summed E-state index contributed by atoms with van der Waals surface area (Å²) in [4.78, 5) is 12.6. The highest BCUT2D eigenvalue weighted by molar-refractivity contribution is 7.89. The minimum atomic E-state index is -4.01. The monoisotopic (exact) mass is 343 g/mol. The molecule has 23 heavy (non-hydrogen) atoms. The van der Waals surface area contributed by atoms with Crippen LogP contribution in [-0.2, 0) is 20.9 Å². The molecule has 0 unspecified atom stereocenters. The van der Waals surface area contributed by atoms with Gasteiger partial charge in [0.1, 0.15) is 5.75 Å². The standard InChI is InChI=1S/C15H25N3O4S/c1-14(2,3)10-7-9(23(21,22)18-17-13(16)20)8-11(12(10)19)15(4,5)6/h7-8,18-19H,1-6H3,(H3,16,17,20). The Morgan fingerprint density at radius 3 is 1.74 bits per heavy atom. The van der Waals surface area contributed by atoms with Crippen molar-refractivity contribution in [1.82, 2.24) is 10.3 Å². The zero-order valence-electron chi connectivity index (χ0n) is 14.3. The third kappa shape index (κ3) is 4.59. The SMILES string of the molecule is CC(C)(C)c1cc(S(=O)(=O)NNC(N)=O)cc(C(C)(C)C)c1O. The van der Waals surface area contributed by atoms with E-state index in [0.717, 1.165) is 0 Å². The van der Waals surface area contributed by atoms with Crippen LogP contribution in [0.3, 0.4) is 0 Å². The molecule has 0 fully saturated rings. The van der Waals surface area contributed by atoms with Gasteiger partial charge in [0.05, 0.1) is 4.90 Å². The van der Waals surface area contributed by atoms with E-state index in [1.807, 2.05) is 51.8 Å². The molecule has 0 aromatic heterocycles. The van der Waals surface area contributed by atoms with Crippen LogP contribution in [0.15, 0.2) is 17.0 Å². The Hall–Kier alpha value is -1.80. The summed E-state index contributed by atoms with van der Waals surface area (Å²) in [6.07, 6.45) is 0. The summed E-state index contributed by atoms with van der Waals surface area (Å²) in [6.45, 7) is 11.2. The topological polar surface area (TPSA) is 122 Å². The fraction of sp³-hybridized carbons (Fsp3) is 0.533. The van der Waals surface area contributed by atoms with E-state index in [4.69, 9.17) is 5.73 Å². The molecule has 0 spiro atoms. The van der Waals surface area contributed by atoms with Gasteiger partial charge < -0.3 is 10.8 Å². The number of amides is 2. The molecule has 0 bridgehead atoms. The van der Waals surface area contributed by atoms with Gasteiger partial charge in [0, 0.05) is 11.1 Å². The Balaban J connectivity index is 3.60. The summed E-state index contributed by atoms with van der Waals surface area (Å²) in [5, 5.41) is 10.6. The van der Waals surface area contributed by atoms with Crippen molar-refractivity contribution in [2.24, 2.45) is 5.73 Å². The summed E-state index contributed by atoms with van der Waals surface area (Å²) < 4.78 is 24.7. The van der Waals surface area contributed by atoms with Crippen molar-refractivity contribution < 1.29 is 18.3 Å². The summed E-state index contributed by atoms with van der Waals surface area (Å²) in [5.41, 5.74) is 6.81. The van der Waals surface area contributed by atoms with E-state index in [9.17, 15) is 18.3 Å². The molecule has 0 heterocycles. The van der Waals surface area contributed by atoms with Crippen LogP contribution in [-0.4, -0.2) is 19.6 Å². The van der Waals surface area contributed by atoms with Gasteiger partial charge in [-0.2, -0.15) is 0 Å². The van der Waals surface area contributed by atoms with E-state index < -0.39 is 26.9 Å². The number of primary amides is 1. The lowest BCUT2D eigenvalue weighted by Crippen LogP contribution is -2.44. The zero-order valence-corrected chi connectivity index (χ0v) is 15.1. The fourth-order valence-corrected chi connectivity index (χ4v) is 2.98. The number of nitrogens with two attached hydrogens (primary N) is 1. The second-order valence-electron chi connectivity index (χ2n) is 7.46. The highest BCUT2D eigenvalue weighted by Crippen LogP contribution is 2.40. The highest BCUT2D eigenvalue weighted by Gasteiger charge is 2.29. The maximum absolute atomic E-state index is 12.3. The van der Waals surface area contributed by atoms with Crippen molar-refractivity contribution in [3.8, 4) is 5.75 Å². The summed E-state index contributed by atoms with van der Waals surface area (Å²) in [5.74, 6) is 0.0758. The van der Waals surface area contributed by atoms with Crippen LogP contribution in [0.25, 0.3) is 0 Å². The van der Waals surface area contributed by atoms with E-state index in [1.54, 1.807) is 0 Å². The molecular weight excluding hydrogens is 318 g/mol. The molecule has 0 radical (unpaired) electrons. The van der Waals surface area contributed by atoms with Crippen molar-refractivity contribution in [3.05, 3.63) is 23.3 Å². The van der Waals surface area contributed by atoms with Crippen LogP contribution in [0, 0.1) is 0 Å². The fourth-order valence-electron chi connectivity index (χ4n) is 2.08. The number of phenols is 1. The predicted octanol–water partition coefficient (Wildman–Crippen LogP) is 1.85. The Labute approximate surface area is 137 Å². The normalized spacial score (nSPS) is 13.0. The molecule has 0 aliphatic heterocycles. The molecule has 0 saturated heterocycles. The van der Waals surface area contributed by atoms with Crippen molar-refractivity contribution in [2.75, 3.05) is 0 Å². The van der Waals surface area contributed by atoms with Crippen LogP contribution in [0.5, 0.6) is 5.75 Å². The molecule has 7 nitrogen and oxygen atoms in total. The Morgan fingerprint density at radius 1 is 1.04 bits per heavy atom. The van der Waals surface area contributed by atoms with Gasteiger partial charge in [0.15, 0.2) is 0 Å². The van der Waals surface area contributed by atoms with E-state index >= 15 is 0 Å². The average Bonchev–Trinajstić information content (AvgIpc) is 2.33. The first-order valence-electron chi connectivity index (χ1n) is 7.11. The molecule has 8 heteroatoms. The van der Waals surface area contributed by atoms with Gasteiger partial charge in [-0.15, -0.1) is 4.83 Å². The Kier molecular flexibility index (Phi) is 5.03. The zero-order chi connectivity index (χ0) is 18.2. The number of phenolic OH excluding ortho intramolecular Hbond substituents is 1. The minimum Gasteiger partial charge on any atom is -0.507 e. The van der Waals surface area contributed by atoms with Crippen LogP contribution < -0.4 is 16.0 Å². The summed E-state index contributed by atoms with van der Waals surface area (Å²) in [6, 6.07) is 1.78. The number of benzene rings is 1. The number of hydrogen-bond donors (Lipinski definition) is 4. The number of nitrogens with one attached hydrogen (secondary N) is 2. The number of hydrogen-bond acceptors (Lipinski definition) is 4. The lowest BCUT2D eigenvalue weighted by molar-refractivity contribution is 0.247. The van der Waals surface area contributed by atoms with Gasteiger partial charge in [0.2, 0.25) is 0 Å². The highest BCUT2D eigenvalue weighted by atomic mass is 32.2. The first-order chi connectivity index (χ1) is 10.2. The lowest BCUT2D eigenvalue weighted by Gasteiger charge is -2.28. The minimum absolute atomic E-state index is 0.0566. The molecule has 5 N–H and O–H groups in total. The van der Waals surface area contributed by atoms with Crippen molar-refractivity contribution in [2.45, 2.75) is 57.3 Å². The quantitative estimate of drug-likeness (QED) is 0.626. The number of rotatable bonds is 3. The second-order valence-corrected chi connectivity index (χ2v) is 9.14. The average molecular weight is 343 g/mol. The van der Waals surface area contributed by atoms with E-state index in [-0.39, 0.29) is 10.6 Å².